The Morgan fingerprint density at radius 3 is 2.43 bits per heavy atom. The SMILES string of the molecule is COC(CN1N=C(c2ccc(Cl)cc2)c2ccccc2-n2c(C)nnc21)OC. The van der Waals surface area contributed by atoms with E-state index in [1.807, 2.05) is 60.0 Å². The molecule has 1 aromatic heterocycles. The first kappa shape index (κ1) is 18.6. The number of halogens is 1. The average Bonchev–Trinajstić information content (AvgIpc) is 3.04. The fraction of sp³-hybridized carbons (Fsp3) is 0.250. The third-order valence-electron chi connectivity index (χ3n) is 4.62. The lowest BCUT2D eigenvalue weighted by Crippen LogP contribution is -2.33. The van der Waals surface area contributed by atoms with E-state index in [4.69, 9.17) is 26.2 Å². The van der Waals surface area contributed by atoms with E-state index in [0.29, 0.717) is 17.5 Å². The summed E-state index contributed by atoms with van der Waals surface area (Å²) in [5.74, 6) is 1.37. The standard InChI is InChI=1S/C20H20ClN5O2/c1-13-22-23-20-25(12-18(27-2)28-3)24-19(14-8-10-15(21)11-9-14)16-6-4-5-7-17(16)26(13)20/h4-11,18H,12H2,1-3H3. The van der Waals surface area contributed by atoms with Gasteiger partial charge in [0.25, 0.3) is 5.95 Å². The number of methoxy groups -OCH3 is 2. The molecule has 144 valence electrons. The van der Waals surface area contributed by atoms with E-state index in [2.05, 4.69) is 10.2 Å². The number of aromatic nitrogens is 3. The van der Waals surface area contributed by atoms with E-state index in [9.17, 15) is 0 Å². The zero-order chi connectivity index (χ0) is 19.7. The summed E-state index contributed by atoms with van der Waals surface area (Å²) >= 11 is 6.09. The molecule has 0 saturated carbocycles. The molecule has 28 heavy (non-hydrogen) atoms. The van der Waals surface area contributed by atoms with Gasteiger partial charge in [-0.3, -0.25) is 4.57 Å². The van der Waals surface area contributed by atoms with Crippen LogP contribution in [0.25, 0.3) is 5.69 Å². The fourth-order valence-corrected chi connectivity index (χ4v) is 3.34. The first-order chi connectivity index (χ1) is 13.6. The van der Waals surface area contributed by atoms with Gasteiger partial charge in [-0.25, -0.2) is 5.01 Å². The van der Waals surface area contributed by atoms with Gasteiger partial charge < -0.3 is 9.47 Å². The van der Waals surface area contributed by atoms with Crippen molar-refractivity contribution in [3.05, 3.63) is 70.5 Å². The molecule has 0 spiro atoms. The van der Waals surface area contributed by atoms with Crippen LogP contribution in [0.5, 0.6) is 0 Å². The van der Waals surface area contributed by atoms with Crippen LogP contribution >= 0.6 is 11.6 Å². The molecule has 0 unspecified atom stereocenters. The number of hydrogen-bond donors (Lipinski definition) is 0. The molecular weight excluding hydrogens is 378 g/mol. The van der Waals surface area contributed by atoms with Crippen molar-refractivity contribution in [3.63, 3.8) is 0 Å². The highest BCUT2D eigenvalue weighted by Gasteiger charge is 2.27. The van der Waals surface area contributed by atoms with Gasteiger partial charge in [0.05, 0.1) is 12.2 Å². The number of fused-ring (bicyclic) bond motifs is 3. The second-order valence-corrected chi connectivity index (χ2v) is 6.77. The number of ether oxygens (including phenoxy) is 2. The van der Waals surface area contributed by atoms with Gasteiger partial charge in [-0.15, -0.1) is 10.2 Å². The molecule has 3 aromatic rings. The van der Waals surface area contributed by atoms with Gasteiger partial charge in [0.1, 0.15) is 11.5 Å². The van der Waals surface area contributed by atoms with Gasteiger partial charge in [-0.1, -0.05) is 41.9 Å². The number of benzene rings is 2. The molecule has 0 N–H and O–H groups in total. The Balaban J connectivity index is 1.93. The molecule has 0 fully saturated rings. The van der Waals surface area contributed by atoms with Gasteiger partial charge in [0.2, 0.25) is 0 Å². The van der Waals surface area contributed by atoms with Crippen molar-refractivity contribution in [1.29, 1.82) is 0 Å². The number of nitrogens with zero attached hydrogens (tertiary/aromatic N) is 5. The zero-order valence-corrected chi connectivity index (χ0v) is 16.6. The third kappa shape index (κ3) is 3.28. The maximum Gasteiger partial charge on any atom is 0.252 e. The van der Waals surface area contributed by atoms with Crippen molar-refractivity contribution in [2.45, 2.75) is 13.2 Å². The lowest BCUT2D eigenvalue weighted by Gasteiger charge is -2.22. The van der Waals surface area contributed by atoms with Crippen LogP contribution in [0.1, 0.15) is 17.0 Å². The van der Waals surface area contributed by atoms with Crippen molar-refractivity contribution < 1.29 is 9.47 Å². The summed E-state index contributed by atoms with van der Waals surface area (Å²) < 4.78 is 12.8. The summed E-state index contributed by atoms with van der Waals surface area (Å²) in [6.07, 6.45) is -0.470. The number of hydrazone groups is 1. The second-order valence-electron chi connectivity index (χ2n) is 6.34. The Hall–Kier alpha value is -2.74. The highest BCUT2D eigenvalue weighted by atomic mass is 35.5. The van der Waals surface area contributed by atoms with Gasteiger partial charge in [-0.05, 0) is 25.1 Å². The Bertz CT molecular complexity index is 1010. The summed E-state index contributed by atoms with van der Waals surface area (Å²) in [5, 5.41) is 16.0. The van der Waals surface area contributed by atoms with Crippen molar-refractivity contribution in [1.82, 2.24) is 14.8 Å². The van der Waals surface area contributed by atoms with E-state index < -0.39 is 6.29 Å². The van der Waals surface area contributed by atoms with Gasteiger partial charge >= 0.3 is 0 Å². The Labute approximate surface area is 168 Å². The lowest BCUT2D eigenvalue weighted by molar-refractivity contribution is -0.0950. The minimum atomic E-state index is -0.470. The van der Waals surface area contributed by atoms with E-state index in [0.717, 1.165) is 28.4 Å². The number of aryl methyl sites for hydroxylation is 1. The van der Waals surface area contributed by atoms with E-state index in [1.54, 1.807) is 19.2 Å². The number of rotatable bonds is 5. The van der Waals surface area contributed by atoms with Crippen LogP contribution in [-0.2, 0) is 9.47 Å². The molecule has 7 nitrogen and oxygen atoms in total. The van der Waals surface area contributed by atoms with Crippen LogP contribution in [0.3, 0.4) is 0 Å². The minimum Gasteiger partial charge on any atom is -0.354 e. The van der Waals surface area contributed by atoms with Crippen LogP contribution < -0.4 is 5.01 Å². The summed E-state index contributed by atoms with van der Waals surface area (Å²) in [4.78, 5) is 0. The monoisotopic (exact) mass is 397 g/mol. The highest BCUT2D eigenvalue weighted by Crippen LogP contribution is 2.30. The third-order valence-corrected chi connectivity index (χ3v) is 4.88. The van der Waals surface area contributed by atoms with Crippen molar-refractivity contribution in [3.8, 4) is 5.69 Å². The Morgan fingerprint density at radius 1 is 1.00 bits per heavy atom. The summed E-state index contributed by atoms with van der Waals surface area (Å²) in [6, 6.07) is 15.7. The van der Waals surface area contributed by atoms with Crippen molar-refractivity contribution in [2.24, 2.45) is 5.10 Å². The molecule has 1 aliphatic rings. The molecular formula is C20H20ClN5O2. The first-order valence-electron chi connectivity index (χ1n) is 8.82. The smallest absolute Gasteiger partial charge is 0.252 e. The summed E-state index contributed by atoms with van der Waals surface area (Å²) in [7, 11) is 3.20. The Morgan fingerprint density at radius 2 is 1.71 bits per heavy atom. The largest absolute Gasteiger partial charge is 0.354 e. The van der Waals surface area contributed by atoms with Crippen LogP contribution in [-0.4, -0.2) is 47.5 Å². The summed E-state index contributed by atoms with van der Waals surface area (Å²) in [6.45, 7) is 2.28. The number of hydrogen-bond acceptors (Lipinski definition) is 6. The van der Waals surface area contributed by atoms with E-state index in [-0.39, 0.29) is 0 Å². The molecule has 0 radical (unpaired) electrons. The fourth-order valence-electron chi connectivity index (χ4n) is 3.22. The molecule has 2 heterocycles. The lowest BCUT2D eigenvalue weighted by atomic mass is 10.0. The second kappa shape index (κ2) is 7.71. The predicted octanol–water partition coefficient (Wildman–Crippen LogP) is 3.42. The number of anilines is 1. The van der Waals surface area contributed by atoms with Gasteiger partial charge in [0, 0.05) is 30.4 Å². The van der Waals surface area contributed by atoms with Crippen LogP contribution in [0.2, 0.25) is 5.02 Å². The highest BCUT2D eigenvalue weighted by molar-refractivity contribution is 6.30. The topological polar surface area (TPSA) is 64.8 Å². The maximum absolute atomic E-state index is 6.09. The summed E-state index contributed by atoms with van der Waals surface area (Å²) in [5.41, 5.74) is 3.69. The molecule has 4 rings (SSSR count). The number of para-hydroxylation sites is 1. The average molecular weight is 398 g/mol. The van der Waals surface area contributed by atoms with Gasteiger partial charge in [-0.2, -0.15) is 5.10 Å². The normalized spacial score (nSPS) is 13.2. The zero-order valence-electron chi connectivity index (χ0n) is 15.8. The molecule has 0 saturated heterocycles. The molecule has 0 aliphatic carbocycles. The van der Waals surface area contributed by atoms with Crippen LogP contribution in [0.15, 0.2) is 53.6 Å². The van der Waals surface area contributed by atoms with E-state index >= 15 is 0 Å². The molecule has 0 atom stereocenters. The van der Waals surface area contributed by atoms with Gasteiger partial charge in [0.15, 0.2) is 6.29 Å². The van der Waals surface area contributed by atoms with E-state index in [1.165, 1.54) is 0 Å². The van der Waals surface area contributed by atoms with Crippen molar-refractivity contribution >= 4 is 23.3 Å². The Kier molecular flexibility index (Phi) is 5.13. The minimum absolute atomic E-state index is 0.357. The quantitative estimate of drug-likeness (QED) is 0.617. The maximum atomic E-state index is 6.09. The molecule has 8 heteroatoms. The predicted molar refractivity (Wildman–Crippen MR) is 108 cm³/mol. The molecule has 2 aromatic carbocycles. The molecule has 0 bridgehead atoms. The molecule has 1 aliphatic heterocycles. The van der Waals surface area contributed by atoms with Crippen molar-refractivity contribution in [2.75, 3.05) is 25.8 Å². The van der Waals surface area contributed by atoms with Crippen LogP contribution in [0, 0.1) is 6.92 Å². The van der Waals surface area contributed by atoms with Crippen LogP contribution in [0.4, 0.5) is 5.95 Å². The molecule has 0 amide bonds. The first-order valence-corrected chi connectivity index (χ1v) is 9.19.